The number of para-hydroxylation sites is 1. The number of carbonyl (C=O) groups is 1. The molecule has 0 unspecified atom stereocenters. The first-order valence-electron chi connectivity index (χ1n) is 7.26. The maximum absolute atomic E-state index is 12.3. The lowest BCUT2D eigenvalue weighted by atomic mass is 10.1. The molecule has 0 aliphatic rings. The molecule has 0 fully saturated rings. The largest absolute Gasteiger partial charge is 0.403 e. The number of anilines is 1. The quantitative estimate of drug-likeness (QED) is 0.613. The second-order valence-electron chi connectivity index (χ2n) is 5.22. The molecule has 1 amide bonds. The van der Waals surface area contributed by atoms with E-state index in [4.69, 9.17) is 4.42 Å². The number of amides is 1. The second-order valence-corrected chi connectivity index (χ2v) is 6.25. The molecule has 4 aromatic rings. The summed E-state index contributed by atoms with van der Waals surface area (Å²) in [6, 6.07) is 15.3. The summed E-state index contributed by atoms with van der Waals surface area (Å²) in [7, 11) is 0. The van der Waals surface area contributed by atoms with Crippen molar-refractivity contribution in [2.24, 2.45) is 0 Å². The minimum atomic E-state index is -0.365. The number of aromatic nitrogens is 3. The van der Waals surface area contributed by atoms with Gasteiger partial charge in [-0.3, -0.25) is 10.1 Å². The van der Waals surface area contributed by atoms with Crippen molar-refractivity contribution in [3.63, 3.8) is 0 Å². The summed E-state index contributed by atoms with van der Waals surface area (Å²) in [6.45, 7) is 1.98. The molecule has 118 valence electrons. The van der Waals surface area contributed by atoms with Gasteiger partial charge in [-0.05, 0) is 31.2 Å². The topological polar surface area (TPSA) is 80.9 Å². The number of aryl methyl sites for hydroxylation is 1. The summed E-state index contributed by atoms with van der Waals surface area (Å²) in [5.74, 6) is -0.00561. The number of fused-ring (bicyclic) bond motifs is 1. The van der Waals surface area contributed by atoms with Crippen LogP contribution in [0.15, 0.2) is 52.9 Å². The Bertz CT molecular complexity index is 1000. The third-order valence-electron chi connectivity index (χ3n) is 3.40. The first kappa shape index (κ1) is 14.5. The van der Waals surface area contributed by atoms with Gasteiger partial charge in [0.25, 0.3) is 5.91 Å². The molecule has 7 heteroatoms. The van der Waals surface area contributed by atoms with Crippen LogP contribution >= 0.6 is 11.3 Å². The fourth-order valence-electron chi connectivity index (χ4n) is 2.29. The zero-order chi connectivity index (χ0) is 16.5. The second kappa shape index (κ2) is 5.86. The van der Waals surface area contributed by atoms with Crippen LogP contribution in [0, 0.1) is 6.92 Å². The van der Waals surface area contributed by atoms with Crippen LogP contribution in [-0.4, -0.2) is 21.1 Å². The van der Waals surface area contributed by atoms with Crippen LogP contribution in [0.5, 0.6) is 0 Å². The average molecular weight is 336 g/mol. The molecule has 0 atom stereocenters. The molecule has 6 nitrogen and oxygen atoms in total. The van der Waals surface area contributed by atoms with Gasteiger partial charge in [0.15, 0.2) is 5.01 Å². The van der Waals surface area contributed by atoms with Crippen LogP contribution in [0.25, 0.3) is 21.7 Å². The Hall–Kier alpha value is -3.06. The number of hydrogen-bond acceptors (Lipinski definition) is 6. The lowest BCUT2D eigenvalue weighted by molar-refractivity contribution is 0.102. The Balaban J connectivity index is 1.56. The molecule has 2 aromatic carbocycles. The number of carbonyl (C=O) groups excluding carboxylic acids is 1. The van der Waals surface area contributed by atoms with Gasteiger partial charge in [0, 0.05) is 5.56 Å². The molecule has 4 rings (SSSR count). The van der Waals surface area contributed by atoms with Crippen molar-refractivity contribution in [1.82, 2.24) is 15.2 Å². The molecule has 0 radical (unpaired) electrons. The summed E-state index contributed by atoms with van der Waals surface area (Å²) in [6.07, 6.45) is 0. The van der Waals surface area contributed by atoms with Crippen LogP contribution < -0.4 is 5.32 Å². The van der Waals surface area contributed by atoms with E-state index >= 15 is 0 Å². The van der Waals surface area contributed by atoms with Crippen LogP contribution in [0.4, 0.5) is 6.01 Å². The highest BCUT2D eigenvalue weighted by Crippen LogP contribution is 2.24. The first-order chi connectivity index (χ1) is 11.7. The Morgan fingerprint density at radius 3 is 2.83 bits per heavy atom. The monoisotopic (exact) mass is 336 g/mol. The molecule has 0 saturated heterocycles. The van der Waals surface area contributed by atoms with Gasteiger partial charge in [0.2, 0.25) is 5.89 Å². The van der Waals surface area contributed by atoms with Gasteiger partial charge >= 0.3 is 6.01 Å². The van der Waals surface area contributed by atoms with Gasteiger partial charge in [-0.1, -0.05) is 34.9 Å². The van der Waals surface area contributed by atoms with E-state index in [1.54, 1.807) is 0 Å². The summed E-state index contributed by atoms with van der Waals surface area (Å²) in [5.41, 5.74) is 2.69. The molecule has 0 aliphatic heterocycles. The van der Waals surface area contributed by atoms with Gasteiger partial charge in [0.05, 0.1) is 10.2 Å². The van der Waals surface area contributed by atoms with Gasteiger partial charge in [-0.25, -0.2) is 4.98 Å². The van der Waals surface area contributed by atoms with Crippen LogP contribution in [-0.2, 0) is 0 Å². The summed E-state index contributed by atoms with van der Waals surface area (Å²) in [4.78, 5) is 16.6. The predicted molar refractivity (Wildman–Crippen MR) is 92.0 cm³/mol. The van der Waals surface area contributed by atoms with Gasteiger partial charge in [-0.15, -0.1) is 16.4 Å². The maximum atomic E-state index is 12.3. The van der Waals surface area contributed by atoms with Crippen LogP contribution in [0.3, 0.4) is 0 Å². The van der Waals surface area contributed by atoms with Crippen molar-refractivity contribution in [3.05, 3.63) is 59.1 Å². The van der Waals surface area contributed by atoms with E-state index < -0.39 is 0 Å². The fourth-order valence-corrected chi connectivity index (χ4v) is 3.15. The van der Waals surface area contributed by atoms with E-state index in [0.717, 1.165) is 21.3 Å². The van der Waals surface area contributed by atoms with Crippen molar-refractivity contribution >= 4 is 33.5 Å². The number of thiazole rings is 1. The standard InChI is InChI=1S/C17H12N4O2S/c1-10-5-4-6-11(9-10)15-20-21-17(23-15)19-14(22)16-18-12-7-2-3-8-13(12)24-16/h2-9H,1H3,(H,19,21,22). The van der Waals surface area contributed by atoms with Crippen molar-refractivity contribution < 1.29 is 9.21 Å². The molecule has 2 heterocycles. The molecule has 0 bridgehead atoms. The predicted octanol–water partition coefficient (Wildman–Crippen LogP) is 3.91. The van der Waals surface area contributed by atoms with Gasteiger partial charge in [0.1, 0.15) is 0 Å². The molecule has 24 heavy (non-hydrogen) atoms. The smallest absolute Gasteiger partial charge is 0.322 e. The van der Waals surface area contributed by atoms with Crippen molar-refractivity contribution in [1.29, 1.82) is 0 Å². The Morgan fingerprint density at radius 2 is 2.00 bits per heavy atom. The first-order valence-corrected chi connectivity index (χ1v) is 8.08. The number of nitrogens with one attached hydrogen (secondary N) is 1. The number of hydrogen-bond donors (Lipinski definition) is 1. The van der Waals surface area contributed by atoms with E-state index in [-0.39, 0.29) is 11.9 Å². The number of nitrogens with zero attached hydrogens (tertiary/aromatic N) is 3. The molecular weight excluding hydrogens is 324 g/mol. The normalized spacial score (nSPS) is 10.9. The highest BCUT2D eigenvalue weighted by Gasteiger charge is 2.16. The molecule has 0 spiro atoms. The molecule has 2 aromatic heterocycles. The minimum absolute atomic E-state index is 0.0516. The van der Waals surface area contributed by atoms with Crippen molar-refractivity contribution in [3.8, 4) is 11.5 Å². The third kappa shape index (κ3) is 2.77. The third-order valence-corrected chi connectivity index (χ3v) is 4.43. The van der Waals surface area contributed by atoms with E-state index in [9.17, 15) is 4.79 Å². The minimum Gasteiger partial charge on any atom is -0.403 e. The van der Waals surface area contributed by atoms with Crippen molar-refractivity contribution in [2.45, 2.75) is 6.92 Å². The zero-order valence-corrected chi connectivity index (χ0v) is 13.5. The lowest BCUT2D eigenvalue weighted by Crippen LogP contribution is -2.11. The van der Waals surface area contributed by atoms with E-state index in [0.29, 0.717) is 10.9 Å². The Labute approximate surface area is 141 Å². The van der Waals surface area contributed by atoms with E-state index in [1.165, 1.54) is 11.3 Å². The molecule has 1 N–H and O–H groups in total. The van der Waals surface area contributed by atoms with Crippen LogP contribution in [0.2, 0.25) is 0 Å². The summed E-state index contributed by atoms with van der Waals surface area (Å²) >= 11 is 1.32. The number of benzene rings is 2. The number of rotatable bonds is 3. The zero-order valence-electron chi connectivity index (χ0n) is 12.7. The Kier molecular flexibility index (Phi) is 3.55. The SMILES string of the molecule is Cc1cccc(-c2nnc(NC(=O)c3nc4ccccc4s3)o2)c1. The fraction of sp³-hybridized carbons (Fsp3) is 0.0588. The van der Waals surface area contributed by atoms with Gasteiger partial charge < -0.3 is 4.42 Å². The summed E-state index contributed by atoms with van der Waals surface area (Å²) in [5, 5.41) is 10.8. The molecule has 0 aliphatic carbocycles. The summed E-state index contributed by atoms with van der Waals surface area (Å²) < 4.78 is 6.47. The van der Waals surface area contributed by atoms with E-state index in [2.05, 4.69) is 20.5 Å². The maximum Gasteiger partial charge on any atom is 0.322 e. The molecule has 0 saturated carbocycles. The highest BCUT2D eigenvalue weighted by molar-refractivity contribution is 7.20. The Morgan fingerprint density at radius 1 is 1.12 bits per heavy atom. The van der Waals surface area contributed by atoms with Gasteiger partial charge in [-0.2, -0.15) is 0 Å². The highest BCUT2D eigenvalue weighted by atomic mass is 32.1. The average Bonchev–Trinajstić information content (AvgIpc) is 3.21. The molecular formula is C17H12N4O2S. The van der Waals surface area contributed by atoms with Crippen LogP contribution in [0.1, 0.15) is 15.4 Å². The van der Waals surface area contributed by atoms with E-state index in [1.807, 2.05) is 55.5 Å². The van der Waals surface area contributed by atoms with Crippen molar-refractivity contribution in [2.75, 3.05) is 5.32 Å². The lowest BCUT2D eigenvalue weighted by Gasteiger charge is -1.97.